The first kappa shape index (κ1) is 14.0. The van der Waals surface area contributed by atoms with Gasteiger partial charge in [0.25, 0.3) is 5.69 Å². The number of carbonyl (C=O) groups excluding carboxylic acids is 1. The summed E-state index contributed by atoms with van der Waals surface area (Å²) in [6.07, 6.45) is 1.68. The molecular formula is C12H13BrN2O4. The molecule has 0 aliphatic carbocycles. The molecule has 1 aromatic rings. The lowest BCUT2D eigenvalue weighted by Crippen LogP contribution is -2.30. The number of nitrogens with one attached hydrogen (secondary N) is 1. The Kier molecular flexibility index (Phi) is 4.49. The Bertz CT molecular complexity index is 501. The molecular weight excluding hydrogens is 316 g/mol. The summed E-state index contributed by atoms with van der Waals surface area (Å²) in [5.41, 5.74) is 0.507. The van der Waals surface area contributed by atoms with Gasteiger partial charge in [-0.25, -0.2) is 0 Å². The molecule has 2 rings (SSSR count). The number of hydrogen-bond acceptors (Lipinski definition) is 4. The number of hydrogen-bond donors (Lipinski definition) is 1. The first-order chi connectivity index (χ1) is 9.08. The van der Waals surface area contributed by atoms with Crippen LogP contribution in [0.2, 0.25) is 0 Å². The van der Waals surface area contributed by atoms with Crippen LogP contribution >= 0.6 is 15.9 Å². The fourth-order valence-electron chi connectivity index (χ4n) is 1.92. The molecule has 1 saturated heterocycles. The molecule has 0 saturated carbocycles. The van der Waals surface area contributed by atoms with Gasteiger partial charge in [-0.15, -0.1) is 0 Å². The third-order valence-electron chi connectivity index (χ3n) is 2.94. The van der Waals surface area contributed by atoms with Crippen LogP contribution in [0.4, 0.5) is 11.4 Å². The van der Waals surface area contributed by atoms with Crippen LogP contribution in [-0.4, -0.2) is 24.0 Å². The summed E-state index contributed by atoms with van der Waals surface area (Å²) in [7, 11) is 0. The molecule has 0 radical (unpaired) electrons. The van der Waals surface area contributed by atoms with Crippen molar-refractivity contribution in [2.45, 2.75) is 12.8 Å². The van der Waals surface area contributed by atoms with Gasteiger partial charge in [-0.1, -0.05) is 0 Å². The minimum Gasteiger partial charge on any atom is -0.381 e. The molecule has 0 unspecified atom stereocenters. The normalized spacial score (nSPS) is 18.9. The van der Waals surface area contributed by atoms with Crippen LogP contribution in [0.15, 0.2) is 22.7 Å². The van der Waals surface area contributed by atoms with Crippen molar-refractivity contribution in [1.82, 2.24) is 0 Å². The van der Waals surface area contributed by atoms with Crippen LogP contribution < -0.4 is 5.32 Å². The van der Waals surface area contributed by atoms with Gasteiger partial charge in [-0.05, 0) is 40.9 Å². The number of nitro benzene ring substituents is 1. The molecule has 102 valence electrons. The zero-order valence-electron chi connectivity index (χ0n) is 10.1. The summed E-state index contributed by atoms with van der Waals surface area (Å²) in [4.78, 5) is 22.2. The van der Waals surface area contributed by atoms with E-state index in [-0.39, 0.29) is 17.5 Å². The second-order valence-electron chi connectivity index (χ2n) is 4.33. The lowest BCUT2D eigenvalue weighted by atomic mass is 10.0. The van der Waals surface area contributed by atoms with Gasteiger partial charge >= 0.3 is 0 Å². The van der Waals surface area contributed by atoms with Crippen LogP contribution in [0.3, 0.4) is 0 Å². The predicted molar refractivity (Wildman–Crippen MR) is 73.0 cm³/mol. The molecule has 1 amide bonds. The van der Waals surface area contributed by atoms with E-state index in [9.17, 15) is 14.9 Å². The summed E-state index contributed by atoms with van der Waals surface area (Å²) in [6.45, 7) is 1.13. The van der Waals surface area contributed by atoms with Crippen molar-refractivity contribution >= 4 is 33.2 Å². The number of carbonyl (C=O) groups is 1. The largest absolute Gasteiger partial charge is 0.381 e. The van der Waals surface area contributed by atoms with E-state index in [1.165, 1.54) is 18.2 Å². The number of ether oxygens (including phenoxy) is 1. The Hall–Kier alpha value is -1.47. The van der Waals surface area contributed by atoms with E-state index in [0.29, 0.717) is 23.4 Å². The minimum atomic E-state index is -0.481. The fourth-order valence-corrected chi connectivity index (χ4v) is 2.45. The summed E-state index contributed by atoms with van der Waals surface area (Å²) in [5, 5.41) is 13.4. The molecule has 0 bridgehead atoms. The number of nitrogens with zero attached hydrogens (tertiary/aromatic N) is 1. The first-order valence-electron chi connectivity index (χ1n) is 5.90. The SMILES string of the molecule is O=C(Nc1ccc([N+](=O)[O-])c(Br)c1)[C@@H]1CCCOC1. The second kappa shape index (κ2) is 6.12. The molecule has 6 nitrogen and oxygen atoms in total. The Morgan fingerprint density at radius 2 is 2.32 bits per heavy atom. The summed E-state index contributed by atoms with van der Waals surface area (Å²) < 4.78 is 5.60. The maximum absolute atomic E-state index is 12.0. The van der Waals surface area contributed by atoms with Crippen LogP contribution in [-0.2, 0) is 9.53 Å². The number of anilines is 1. The molecule has 1 aromatic carbocycles. The van der Waals surface area contributed by atoms with Crippen molar-refractivity contribution in [3.05, 3.63) is 32.8 Å². The molecule has 0 spiro atoms. The Balaban J connectivity index is 2.04. The van der Waals surface area contributed by atoms with Crippen LogP contribution in [0, 0.1) is 16.0 Å². The van der Waals surface area contributed by atoms with E-state index < -0.39 is 4.92 Å². The van der Waals surface area contributed by atoms with Gasteiger partial charge in [0.2, 0.25) is 5.91 Å². The number of halogens is 1. The molecule has 1 aliphatic rings. The zero-order valence-corrected chi connectivity index (χ0v) is 11.7. The average Bonchev–Trinajstić information content (AvgIpc) is 2.39. The zero-order chi connectivity index (χ0) is 13.8. The smallest absolute Gasteiger partial charge is 0.283 e. The van der Waals surface area contributed by atoms with Crippen LogP contribution in [0.1, 0.15) is 12.8 Å². The van der Waals surface area contributed by atoms with Crippen molar-refractivity contribution < 1.29 is 14.5 Å². The van der Waals surface area contributed by atoms with Gasteiger partial charge < -0.3 is 10.1 Å². The first-order valence-corrected chi connectivity index (χ1v) is 6.70. The Morgan fingerprint density at radius 1 is 1.53 bits per heavy atom. The van der Waals surface area contributed by atoms with Crippen molar-refractivity contribution in [2.75, 3.05) is 18.5 Å². The summed E-state index contributed by atoms with van der Waals surface area (Å²) >= 11 is 3.12. The maximum atomic E-state index is 12.0. The number of amides is 1. The van der Waals surface area contributed by atoms with E-state index in [1.54, 1.807) is 0 Å². The van der Waals surface area contributed by atoms with E-state index in [0.717, 1.165) is 12.8 Å². The monoisotopic (exact) mass is 328 g/mol. The van der Waals surface area contributed by atoms with Crippen molar-refractivity contribution in [1.29, 1.82) is 0 Å². The maximum Gasteiger partial charge on any atom is 0.283 e. The summed E-state index contributed by atoms with van der Waals surface area (Å²) in [6, 6.07) is 4.40. The molecule has 1 fully saturated rings. The second-order valence-corrected chi connectivity index (χ2v) is 5.18. The highest BCUT2D eigenvalue weighted by Crippen LogP contribution is 2.28. The van der Waals surface area contributed by atoms with E-state index in [1.807, 2.05) is 0 Å². The molecule has 1 heterocycles. The van der Waals surface area contributed by atoms with Crippen molar-refractivity contribution in [3.63, 3.8) is 0 Å². The quantitative estimate of drug-likeness (QED) is 0.683. The highest BCUT2D eigenvalue weighted by molar-refractivity contribution is 9.10. The lowest BCUT2D eigenvalue weighted by molar-refractivity contribution is -0.385. The minimum absolute atomic E-state index is 0.0287. The third-order valence-corrected chi connectivity index (χ3v) is 3.58. The Labute approximate surface area is 118 Å². The topological polar surface area (TPSA) is 81.5 Å². The van der Waals surface area contributed by atoms with Crippen molar-refractivity contribution in [3.8, 4) is 0 Å². The van der Waals surface area contributed by atoms with Gasteiger partial charge in [0.15, 0.2) is 0 Å². The number of nitro groups is 1. The van der Waals surface area contributed by atoms with Crippen molar-refractivity contribution in [2.24, 2.45) is 5.92 Å². The van der Waals surface area contributed by atoms with Gasteiger partial charge in [-0.3, -0.25) is 14.9 Å². The standard InChI is InChI=1S/C12H13BrN2O4/c13-10-6-9(3-4-11(10)15(17)18)14-12(16)8-2-1-5-19-7-8/h3-4,6,8H,1-2,5,7H2,(H,14,16)/t8-/m1/s1. The third kappa shape index (κ3) is 3.51. The molecule has 1 atom stereocenters. The van der Waals surface area contributed by atoms with Gasteiger partial charge in [0, 0.05) is 18.4 Å². The molecule has 1 aliphatic heterocycles. The number of benzene rings is 1. The Morgan fingerprint density at radius 3 is 2.89 bits per heavy atom. The van der Waals surface area contributed by atoms with Crippen LogP contribution in [0.25, 0.3) is 0 Å². The van der Waals surface area contributed by atoms with Crippen LogP contribution in [0.5, 0.6) is 0 Å². The number of rotatable bonds is 3. The van der Waals surface area contributed by atoms with E-state index >= 15 is 0 Å². The molecule has 0 aromatic heterocycles. The fraction of sp³-hybridized carbons (Fsp3) is 0.417. The highest BCUT2D eigenvalue weighted by Gasteiger charge is 2.22. The molecule has 1 N–H and O–H groups in total. The van der Waals surface area contributed by atoms with Gasteiger partial charge in [0.1, 0.15) is 0 Å². The van der Waals surface area contributed by atoms with Gasteiger partial charge in [-0.2, -0.15) is 0 Å². The van der Waals surface area contributed by atoms with Gasteiger partial charge in [0.05, 0.1) is 21.9 Å². The molecule has 7 heteroatoms. The predicted octanol–water partition coefficient (Wildman–Crippen LogP) is 2.72. The highest BCUT2D eigenvalue weighted by atomic mass is 79.9. The van der Waals surface area contributed by atoms with E-state index in [4.69, 9.17) is 4.74 Å². The summed E-state index contributed by atoms with van der Waals surface area (Å²) in [5.74, 6) is -0.261. The lowest BCUT2D eigenvalue weighted by Gasteiger charge is -2.21. The average molecular weight is 329 g/mol. The van der Waals surface area contributed by atoms with E-state index in [2.05, 4.69) is 21.2 Å². The molecule has 19 heavy (non-hydrogen) atoms.